The highest BCUT2D eigenvalue weighted by atomic mass is 16.5. The molecule has 25 heavy (non-hydrogen) atoms. The molecular weight excluding hydrogens is 316 g/mol. The number of aromatic nitrogens is 2. The van der Waals surface area contributed by atoms with Crippen LogP contribution < -0.4 is 10.1 Å². The summed E-state index contributed by atoms with van der Waals surface area (Å²) in [5, 5.41) is 10.2. The van der Waals surface area contributed by atoms with Crippen LogP contribution in [-0.4, -0.2) is 46.9 Å². The molecule has 0 aliphatic carbocycles. The highest BCUT2D eigenvalue weighted by Crippen LogP contribution is 2.35. The van der Waals surface area contributed by atoms with Crippen molar-refractivity contribution in [2.45, 2.75) is 37.6 Å². The Morgan fingerprint density at radius 1 is 1.32 bits per heavy atom. The lowest BCUT2D eigenvalue weighted by Crippen LogP contribution is -2.48. The molecule has 2 unspecified atom stereocenters. The number of amides is 2. The maximum absolute atomic E-state index is 12.6. The zero-order chi connectivity index (χ0) is 17.2. The molecule has 6 nitrogen and oxygen atoms in total. The number of benzene rings is 1. The molecule has 0 radical (unpaired) electrons. The van der Waals surface area contributed by atoms with E-state index in [9.17, 15) is 4.79 Å². The summed E-state index contributed by atoms with van der Waals surface area (Å²) in [5.74, 6) is 1.62. The zero-order valence-corrected chi connectivity index (χ0v) is 14.4. The first-order valence-electron chi connectivity index (χ1n) is 8.99. The van der Waals surface area contributed by atoms with Crippen molar-refractivity contribution in [3.05, 3.63) is 47.8 Å². The standard InChI is InChI=1S/C19H24N4O2/c1-13(16-12-25-18-5-3-2-4-15(16)18)21-19(24)23-10-7-14(8-11-23)17-6-9-20-22-17/h2-6,9,13-14,16H,7-8,10-12H2,1H3,(H,20,22)(H,21,24). The minimum absolute atomic E-state index is 0.0277. The van der Waals surface area contributed by atoms with E-state index in [0.717, 1.165) is 31.7 Å². The number of urea groups is 1. The highest BCUT2D eigenvalue weighted by Gasteiger charge is 2.31. The average Bonchev–Trinajstić information content (AvgIpc) is 3.31. The van der Waals surface area contributed by atoms with Crippen LogP contribution in [-0.2, 0) is 0 Å². The summed E-state index contributed by atoms with van der Waals surface area (Å²) in [7, 11) is 0. The van der Waals surface area contributed by atoms with E-state index < -0.39 is 0 Å². The van der Waals surface area contributed by atoms with Gasteiger partial charge in [-0.3, -0.25) is 5.10 Å². The Kier molecular flexibility index (Phi) is 4.34. The number of aromatic amines is 1. The number of likely N-dealkylation sites (tertiary alicyclic amines) is 1. The van der Waals surface area contributed by atoms with Gasteiger partial charge in [0.05, 0.1) is 6.61 Å². The molecule has 0 saturated carbocycles. The predicted octanol–water partition coefficient (Wildman–Crippen LogP) is 2.86. The monoisotopic (exact) mass is 340 g/mol. The van der Waals surface area contributed by atoms with E-state index in [-0.39, 0.29) is 18.0 Å². The zero-order valence-electron chi connectivity index (χ0n) is 14.4. The molecule has 2 atom stereocenters. The molecular formula is C19H24N4O2. The van der Waals surface area contributed by atoms with E-state index in [1.807, 2.05) is 29.2 Å². The van der Waals surface area contributed by atoms with Crippen LogP contribution in [0.3, 0.4) is 0 Å². The fourth-order valence-electron chi connectivity index (χ4n) is 3.88. The number of hydrogen-bond donors (Lipinski definition) is 2. The van der Waals surface area contributed by atoms with Crippen molar-refractivity contribution in [2.75, 3.05) is 19.7 Å². The summed E-state index contributed by atoms with van der Waals surface area (Å²) in [6, 6.07) is 10.2. The Hall–Kier alpha value is -2.50. The summed E-state index contributed by atoms with van der Waals surface area (Å²) in [6.45, 7) is 4.24. The van der Waals surface area contributed by atoms with Gasteiger partial charge in [-0.2, -0.15) is 5.10 Å². The van der Waals surface area contributed by atoms with Crippen LogP contribution in [0, 0.1) is 0 Å². The Labute approximate surface area is 147 Å². The topological polar surface area (TPSA) is 70.2 Å². The van der Waals surface area contributed by atoms with Gasteiger partial charge in [-0.25, -0.2) is 4.79 Å². The molecule has 1 saturated heterocycles. The van der Waals surface area contributed by atoms with E-state index in [4.69, 9.17) is 4.74 Å². The number of carbonyl (C=O) groups excluding carboxylic acids is 1. The largest absolute Gasteiger partial charge is 0.493 e. The number of fused-ring (bicyclic) bond motifs is 1. The van der Waals surface area contributed by atoms with Crippen LogP contribution in [0.1, 0.15) is 42.9 Å². The molecule has 6 heteroatoms. The number of carbonyl (C=O) groups is 1. The molecule has 3 heterocycles. The quantitative estimate of drug-likeness (QED) is 0.902. The summed E-state index contributed by atoms with van der Waals surface area (Å²) in [6.07, 6.45) is 3.73. The molecule has 2 aliphatic rings. The number of H-pyrrole nitrogens is 1. The molecule has 1 aromatic carbocycles. The minimum Gasteiger partial charge on any atom is -0.493 e. The van der Waals surface area contributed by atoms with Gasteiger partial charge in [-0.05, 0) is 31.9 Å². The van der Waals surface area contributed by atoms with Gasteiger partial charge in [0.2, 0.25) is 0 Å². The first-order valence-corrected chi connectivity index (χ1v) is 8.99. The van der Waals surface area contributed by atoms with E-state index >= 15 is 0 Å². The third-order valence-electron chi connectivity index (χ3n) is 5.44. The molecule has 0 bridgehead atoms. The van der Waals surface area contributed by atoms with Crippen LogP contribution >= 0.6 is 0 Å². The van der Waals surface area contributed by atoms with Gasteiger partial charge in [0.25, 0.3) is 0 Å². The van der Waals surface area contributed by atoms with Gasteiger partial charge >= 0.3 is 6.03 Å². The Morgan fingerprint density at radius 2 is 2.12 bits per heavy atom. The molecule has 2 aromatic rings. The highest BCUT2D eigenvalue weighted by molar-refractivity contribution is 5.74. The molecule has 4 rings (SSSR count). The van der Waals surface area contributed by atoms with E-state index in [0.29, 0.717) is 12.5 Å². The lowest BCUT2D eigenvalue weighted by atomic mass is 9.93. The summed E-state index contributed by atoms with van der Waals surface area (Å²) in [4.78, 5) is 14.5. The third-order valence-corrected chi connectivity index (χ3v) is 5.44. The van der Waals surface area contributed by atoms with Gasteiger partial charge in [-0.15, -0.1) is 0 Å². The van der Waals surface area contributed by atoms with Crippen molar-refractivity contribution in [1.29, 1.82) is 0 Å². The van der Waals surface area contributed by atoms with Gasteiger partial charge in [0.1, 0.15) is 5.75 Å². The first kappa shape index (κ1) is 16.0. The molecule has 2 N–H and O–H groups in total. The summed E-state index contributed by atoms with van der Waals surface area (Å²) < 4.78 is 5.74. The third kappa shape index (κ3) is 3.21. The fourth-order valence-corrected chi connectivity index (χ4v) is 3.88. The maximum atomic E-state index is 12.6. The van der Waals surface area contributed by atoms with Crippen molar-refractivity contribution in [1.82, 2.24) is 20.4 Å². The number of piperidine rings is 1. The number of nitrogens with zero attached hydrogens (tertiary/aromatic N) is 2. The van der Waals surface area contributed by atoms with Crippen molar-refractivity contribution in [3.8, 4) is 5.75 Å². The van der Waals surface area contributed by atoms with Crippen molar-refractivity contribution in [3.63, 3.8) is 0 Å². The van der Waals surface area contributed by atoms with Crippen LogP contribution in [0.15, 0.2) is 36.5 Å². The summed E-state index contributed by atoms with van der Waals surface area (Å²) >= 11 is 0. The molecule has 1 aromatic heterocycles. The maximum Gasteiger partial charge on any atom is 0.317 e. The van der Waals surface area contributed by atoms with Crippen molar-refractivity contribution >= 4 is 6.03 Å². The van der Waals surface area contributed by atoms with E-state index in [1.165, 1.54) is 11.3 Å². The lowest BCUT2D eigenvalue weighted by Gasteiger charge is -2.33. The second-order valence-electron chi connectivity index (χ2n) is 6.97. The number of para-hydroxylation sites is 1. The van der Waals surface area contributed by atoms with Gasteiger partial charge in [0, 0.05) is 48.4 Å². The van der Waals surface area contributed by atoms with Gasteiger partial charge < -0.3 is 15.0 Å². The first-order chi connectivity index (χ1) is 12.2. The minimum atomic E-state index is 0.0277. The van der Waals surface area contributed by atoms with Gasteiger partial charge in [0.15, 0.2) is 0 Å². The van der Waals surface area contributed by atoms with Crippen molar-refractivity contribution in [2.24, 2.45) is 0 Å². The number of rotatable bonds is 3. The second-order valence-corrected chi connectivity index (χ2v) is 6.97. The van der Waals surface area contributed by atoms with Crippen LogP contribution in [0.2, 0.25) is 0 Å². The van der Waals surface area contributed by atoms with Crippen molar-refractivity contribution < 1.29 is 9.53 Å². The molecule has 0 spiro atoms. The number of hydrogen-bond acceptors (Lipinski definition) is 3. The van der Waals surface area contributed by atoms with Crippen LogP contribution in [0.5, 0.6) is 5.75 Å². The Bertz CT molecular complexity index is 723. The van der Waals surface area contributed by atoms with E-state index in [2.05, 4.69) is 28.5 Å². The average molecular weight is 340 g/mol. The lowest BCUT2D eigenvalue weighted by molar-refractivity contribution is 0.175. The molecule has 1 fully saturated rings. The predicted molar refractivity (Wildman–Crippen MR) is 94.8 cm³/mol. The van der Waals surface area contributed by atoms with E-state index in [1.54, 1.807) is 6.20 Å². The number of nitrogens with one attached hydrogen (secondary N) is 2. The SMILES string of the molecule is CC(NC(=O)N1CCC(c2ccn[nH]2)CC1)C1COc2ccccc21. The number of ether oxygens (including phenoxy) is 1. The normalized spacial score (nSPS) is 21.5. The van der Waals surface area contributed by atoms with Gasteiger partial charge in [-0.1, -0.05) is 18.2 Å². The van der Waals surface area contributed by atoms with Crippen LogP contribution in [0.25, 0.3) is 0 Å². The van der Waals surface area contributed by atoms with Crippen LogP contribution in [0.4, 0.5) is 4.79 Å². The second kappa shape index (κ2) is 6.78. The smallest absolute Gasteiger partial charge is 0.317 e. The molecule has 132 valence electrons. The fraction of sp³-hybridized carbons (Fsp3) is 0.474. The summed E-state index contributed by atoms with van der Waals surface area (Å²) in [5.41, 5.74) is 2.36. The molecule has 2 amide bonds. The Morgan fingerprint density at radius 3 is 2.88 bits per heavy atom. The Balaban J connectivity index is 1.32. The molecule has 2 aliphatic heterocycles.